The summed E-state index contributed by atoms with van der Waals surface area (Å²) < 4.78 is 10.9. The molecule has 0 unspecified atom stereocenters. The van der Waals surface area contributed by atoms with E-state index in [2.05, 4.69) is 10.2 Å². The zero-order valence-electron chi connectivity index (χ0n) is 14.2. The van der Waals surface area contributed by atoms with Gasteiger partial charge in [0, 0.05) is 6.54 Å². The zero-order chi connectivity index (χ0) is 16.5. The number of likely N-dealkylation sites (tertiary alicyclic amines) is 1. The van der Waals surface area contributed by atoms with E-state index in [0.717, 1.165) is 18.7 Å². The average molecular weight is 320 g/mol. The van der Waals surface area contributed by atoms with Gasteiger partial charge in [0.15, 0.2) is 6.10 Å². The molecule has 0 saturated carbocycles. The number of rotatable bonds is 9. The third-order valence-electron chi connectivity index (χ3n) is 4.15. The van der Waals surface area contributed by atoms with Gasteiger partial charge in [-0.3, -0.25) is 4.79 Å². The van der Waals surface area contributed by atoms with E-state index in [4.69, 9.17) is 9.47 Å². The first kappa shape index (κ1) is 17.6. The fourth-order valence-electron chi connectivity index (χ4n) is 2.78. The van der Waals surface area contributed by atoms with Crippen molar-refractivity contribution < 1.29 is 14.3 Å². The Kier molecular flexibility index (Phi) is 7.20. The first-order valence-corrected chi connectivity index (χ1v) is 8.53. The molecule has 1 atom stereocenters. The zero-order valence-corrected chi connectivity index (χ0v) is 14.2. The molecule has 0 spiro atoms. The van der Waals surface area contributed by atoms with Gasteiger partial charge in [0.05, 0.1) is 7.11 Å². The number of nitrogens with one attached hydrogen (secondary N) is 1. The van der Waals surface area contributed by atoms with Gasteiger partial charge in [-0.25, -0.2) is 0 Å². The second kappa shape index (κ2) is 9.40. The van der Waals surface area contributed by atoms with Crippen LogP contribution in [0.1, 0.15) is 32.6 Å². The van der Waals surface area contributed by atoms with Crippen LogP contribution in [-0.4, -0.2) is 50.2 Å². The molecule has 1 saturated heterocycles. The third kappa shape index (κ3) is 5.75. The lowest BCUT2D eigenvalue weighted by molar-refractivity contribution is -0.128. The van der Waals surface area contributed by atoms with Crippen molar-refractivity contribution in [2.45, 2.75) is 38.7 Å². The van der Waals surface area contributed by atoms with Crippen molar-refractivity contribution in [3.63, 3.8) is 0 Å². The molecule has 0 radical (unpaired) electrons. The van der Waals surface area contributed by atoms with Crippen LogP contribution in [0.5, 0.6) is 11.5 Å². The molecule has 1 fully saturated rings. The van der Waals surface area contributed by atoms with E-state index in [1.807, 2.05) is 31.2 Å². The molecular formula is C18H28N2O3. The molecule has 1 heterocycles. The molecule has 1 aromatic rings. The molecule has 0 bridgehead atoms. The minimum Gasteiger partial charge on any atom is -0.497 e. The Labute approximate surface area is 139 Å². The monoisotopic (exact) mass is 320 g/mol. The first-order valence-electron chi connectivity index (χ1n) is 8.53. The summed E-state index contributed by atoms with van der Waals surface area (Å²) in [5, 5.41) is 2.99. The smallest absolute Gasteiger partial charge is 0.261 e. The molecule has 128 valence electrons. The molecule has 0 aliphatic carbocycles. The van der Waals surface area contributed by atoms with E-state index < -0.39 is 6.10 Å². The van der Waals surface area contributed by atoms with Crippen LogP contribution in [0.15, 0.2) is 24.3 Å². The fourth-order valence-corrected chi connectivity index (χ4v) is 2.78. The molecule has 2 rings (SSSR count). The highest BCUT2D eigenvalue weighted by Crippen LogP contribution is 2.19. The number of amides is 1. The summed E-state index contributed by atoms with van der Waals surface area (Å²) in [6, 6.07) is 7.30. The quantitative estimate of drug-likeness (QED) is 0.710. The van der Waals surface area contributed by atoms with Crippen molar-refractivity contribution >= 4 is 5.91 Å². The van der Waals surface area contributed by atoms with Gasteiger partial charge in [-0.1, -0.05) is 6.92 Å². The number of carbonyl (C=O) groups excluding carboxylic acids is 1. The van der Waals surface area contributed by atoms with E-state index in [1.165, 1.54) is 25.9 Å². The van der Waals surface area contributed by atoms with Gasteiger partial charge in [0.25, 0.3) is 5.91 Å². The first-order chi connectivity index (χ1) is 11.2. The van der Waals surface area contributed by atoms with Crippen LogP contribution in [0, 0.1) is 0 Å². The average Bonchev–Trinajstić information content (AvgIpc) is 3.10. The number of benzene rings is 1. The maximum Gasteiger partial charge on any atom is 0.261 e. The van der Waals surface area contributed by atoms with Crippen LogP contribution >= 0.6 is 0 Å². The standard InChI is InChI=1S/C18H28N2O3/c1-3-17(23-16-9-7-15(22-2)8-10-16)18(21)19-11-6-14-20-12-4-5-13-20/h7-10,17H,3-6,11-14H2,1-2H3,(H,19,21)/t17-/m0/s1. The Balaban J connectivity index is 1.71. The van der Waals surface area contributed by atoms with Crippen LogP contribution in [0.25, 0.3) is 0 Å². The van der Waals surface area contributed by atoms with Gasteiger partial charge in [0.1, 0.15) is 11.5 Å². The van der Waals surface area contributed by atoms with E-state index in [9.17, 15) is 4.79 Å². The number of hydrogen-bond acceptors (Lipinski definition) is 4. The minimum atomic E-state index is -0.449. The highest BCUT2D eigenvalue weighted by molar-refractivity contribution is 5.81. The predicted octanol–water partition coefficient (Wildman–Crippen LogP) is 2.45. The second-order valence-electron chi connectivity index (χ2n) is 5.88. The van der Waals surface area contributed by atoms with E-state index in [1.54, 1.807) is 7.11 Å². The lowest BCUT2D eigenvalue weighted by atomic mass is 10.2. The fraction of sp³-hybridized carbons (Fsp3) is 0.611. The highest BCUT2D eigenvalue weighted by atomic mass is 16.5. The third-order valence-corrected chi connectivity index (χ3v) is 4.15. The van der Waals surface area contributed by atoms with Crippen molar-refractivity contribution in [1.82, 2.24) is 10.2 Å². The van der Waals surface area contributed by atoms with Crippen molar-refractivity contribution in [3.05, 3.63) is 24.3 Å². The molecule has 1 aliphatic heterocycles. The van der Waals surface area contributed by atoms with E-state index in [-0.39, 0.29) is 5.91 Å². The molecule has 5 heteroatoms. The summed E-state index contributed by atoms with van der Waals surface area (Å²) in [6.45, 7) is 6.13. The molecule has 0 aromatic heterocycles. The van der Waals surface area contributed by atoms with Crippen LogP contribution in [-0.2, 0) is 4.79 Å². The van der Waals surface area contributed by atoms with Gasteiger partial charge in [0.2, 0.25) is 0 Å². The molecule has 1 N–H and O–H groups in total. The maximum absolute atomic E-state index is 12.2. The van der Waals surface area contributed by atoms with Gasteiger partial charge in [-0.2, -0.15) is 0 Å². The van der Waals surface area contributed by atoms with Gasteiger partial charge >= 0.3 is 0 Å². The topological polar surface area (TPSA) is 50.8 Å². The van der Waals surface area contributed by atoms with Crippen LogP contribution < -0.4 is 14.8 Å². The largest absolute Gasteiger partial charge is 0.497 e. The number of carbonyl (C=O) groups is 1. The number of methoxy groups -OCH3 is 1. The Morgan fingerprint density at radius 2 is 1.87 bits per heavy atom. The van der Waals surface area contributed by atoms with Crippen molar-refractivity contribution in [3.8, 4) is 11.5 Å². The number of ether oxygens (including phenoxy) is 2. The molecule has 1 aromatic carbocycles. The summed E-state index contributed by atoms with van der Waals surface area (Å²) in [4.78, 5) is 14.7. The normalized spacial score (nSPS) is 16.1. The molecule has 5 nitrogen and oxygen atoms in total. The summed E-state index contributed by atoms with van der Waals surface area (Å²) in [5.41, 5.74) is 0. The maximum atomic E-state index is 12.2. The Hall–Kier alpha value is -1.75. The number of hydrogen-bond donors (Lipinski definition) is 1. The molecule has 1 aliphatic rings. The van der Waals surface area contributed by atoms with Crippen LogP contribution in [0.2, 0.25) is 0 Å². The molecule has 23 heavy (non-hydrogen) atoms. The Morgan fingerprint density at radius 3 is 2.48 bits per heavy atom. The highest BCUT2D eigenvalue weighted by Gasteiger charge is 2.18. The summed E-state index contributed by atoms with van der Waals surface area (Å²) in [6.07, 6.45) is 3.80. The Morgan fingerprint density at radius 1 is 1.22 bits per heavy atom. The Bertz CT molecular complexity index is 470. The summed E-state index contributed by atoms with van der Waals surface area (Å²) in [7, 11) is 1.63. The lowest BCUT2D eigenvalue weighted by Gasteiger charge is -2.18. The van der Waals surface area contributed by atoms with Crippen molar-refractivity contribution in [1.29, 1.82) is 0 Å². The summed E-state index contributed by atoms with van der Waals surface area (Å²) in [5.74, 6) is 1.42. The van der Waals surface area contributed by atoms with Crippen LogP contribution in [0.4, 0.5) is 0 Å². The van der Waals surface area contributed by atoms with Crippen molar-refractivity contribution in [2.75, 3.05) is 33.3 Å². The van der Waals surface area contributed by atoms with Crippen molar-refractivity contribution in [2.24, 2.45) is 0 Å². The van der Waals surface area contributed by atoms with Gasteiger partial charge < -0.3 is 19.7 Å². The molecule has 1 amide bonds. The van der Waals surface area contributed by atoms with E-state index in [0.29, 0.717) is 18.7 Å². The lowest BCUT2D eigenvalue weighted by Crippen LogP contribution is -2.39. The number of nitrogens with zero attached hydrogens (tertiary/aromatic N) is 1. The van der Waals surface area contributed by atoms with Gasteiger partial charge in [-0.15, -0.1) is 0 Å². The minimum absolute atomic E-state index is 0.0373. The summed E-state index contributed by atoms with van der Waals surface area (Å²) >= 11 is 0. The predicted molar refractivity (Wildman–Crippen MR) is 91.0 cm³/mol. The van der Waals surface area contributed by atoms with Gasteiger partial charge in [-0.05, 0) is 69.6 Å². The SMILES string of the molecule is CC[C@H](Oc1ccc(OC)cc1)C(=O)NCCCN1CCCC1. The van der Waals surface area contributed by atoms with Crippen LogP contribution in [0.3, 0.4) is 0 Å². The second-order valence-corrected chi connectivity index (χ2v) is 5.88. The van der Waals surface area contributed by atoms with E-state index >= 15 is 0 Å². The molecular weight excluding hydrogens is 292 g/mol.